The first-order chi connectivity index (χ1) is 10.8. The number of nitrogens with one attached hydrogen (secondary N) is 1. The molecule has 0 spiro atoms. The summed E-state index contributed by atoms with van der Waals surface area (Å²) in [4.78, 5) is 23.4. The zero-order valence-corrected chi connectivity index (χ0v) is 15.6. The van der Waals surface area contributed by atoms with Gasteiger partial charge in [0, 0.05) is 0 Å². The van der Waals surface area contributed by atoms with Crippen molar-refractivity contribution in [2.75, 3.05) is 6.54 Å². The molecule has 0 atom stereocenters. The van der Waals surface area contributed by atoms with Gasteiger partial charge in [0.05, 0.1) is 0 Å². The summed E-state index contributed by atoms with van der Waals surface area (Å²) < 4.78 is 10.6. The van der Waals surface area contributed by atoms with Crippen LogP contribution in [0.1, 0.15) is 86.0 Å². The Morgan fingerprint density at radius 1 is 0.957 bits per heavy atom. The van der Waals surface area contributed by atoms with Crippen LogP contribution in [0, 0.1) is 0 Å². The number of hydrogen-bond acceptors (Lipinski definition) is 4. The molecule has 0 radical (unpaired) electrons. The zero-order chi connectivity index (χ0) is 17.7. The topological polar surface area (TPSA) is 64.6 Å². The molecule has 0 aromatic rings. The second-order valence-corrected chi connectivity index (χ2v) is 6.96. The van der Waals surface area contributed by atoms with Gasteiger partial charge in [0.2, 0.25) is 0 Å². The lowest BCUT2D eigenvalue weighted by Crippen LogP contribution is -2.37. The first-order valence-corrected chi connectivity index (χ1v) is 8.94. The number of esters is 1. The Balaban J connectivity index is 4.16. The molecule has 136 valence electrons. The predicted octanol–water partition coefficient (Wildman–Crippen LogP) is 4.58. The van der Waals surface area contributed by atoms with Gasteiger partial charge in [0.25, 0.3) is 0 Å². The fourth-order valence-corrected chi connectivity index (χ4v) is 2.19. The second-order valence-electron chi connectivity index (χ2n) is 6.96. The highest BCUT2D eigenvalue weighted by molar-refractivity contribution is 5.78. The van der Waals surface area contributed by atoms with E-state index in [1.54, 1.807) is 20.8 Å². The van der Waals surface area contributed by atoms with Crippen LogP contribution >= 0.6 is 0 Å². The van der Waals surface area contributed by atoms with Crippen molar-refractivity contribution in [3.63, 3.8) is 0 Å². The molecule has 0 fully saturated rings. The molecule has 0 aromatic carbocycles. The Hall–Kier alpha value is -1.26. The first kappa shape index (κ1) is 21.7. The number of alkyl carbamates (subject to hydrolysis) is 1. The average Bonchev–Trinajstić information content (AvgIpc) is 2.43. The van der Waals surface area contributed by atoms with E-state index >= 15 is 0 Å². The lowest BCUT2D eigenvalue weighted by atomic mass is 10.0. The van der Waals surface area contributed by atoms with E-state index in [1.165, 1.54) is 0 Å². The third kappa shape index (κ3) is 14.1. The van der Waals surface area contributed by atoms with Gasteiger partial charge in [-0.15, -0.1) is 0 Å². The number of carbonyl (C=O) groups is 2. The smallest absolute Gasteiger partial charge is 0.408 e. The van der Waals surface area contributed by atoms with E-state index in [1.807, 2.05) is 0 Å². The number of hydrogen-bond donors (Lipinski definition) is 1. The molecule has 1 amide bonds. The number of carbonyl (C=O) groups excluding carboxylic acids is 2. The molecule has 0 heterocycles. The molecule has 0 aliphatic heterocycles. The summed E-state index contributed by atoms with van der Waals surface area (Å²) in [5.41, 5.74) is -0.573. The molecule has 0 bridgehead atoms. The molecular formula is C18H35NO4. The van der Waals surface area contributed by atoms with Gasteiger partial charge in [-0.05, 0) is 46.5 Å². The Morgan fingerprint density at radius 3 is 1.91 bits per heavy atom. The van der Waals surface area contributed by atoms with Crippen LogP contribution in [0.3, 0.4) is 0 Å². The van der Waals surface area contributed by atoms with E-state index in [0.717, 1.165) is 51.4 Å². The fraction of sp³-hybridized carbons (Fsp3) is 0.889. The fourth-order valence-electron chi connectivity index (χ4n) is 2.19. The van der Waals surface area contributed by atoms with Gasteiger partial charge in [0.15, 0.2) is 0 Å². The van der Waals surface area contributed by atoms with Gasteiger partial charge in [-0.25, -0.2) is 4.79 Å². The normalized spacial score (nSPS) is 11.4. The van der Waals surface area contributed by atoms with Crippen LogP contribution in [-0.2, 0) is 14.3 Å². The third-order valence-electron chi connectivity index (χ3n) is 3.33. The van der Waals surface area contributed by atoms with Gasteiger partial charge in [0.1, 0.15) is 18.2 Å². The zero-order valence-electron chi connectivity index (χ0n) is 15.6. The van der Waals surface area contributed by atoms with E-state index in [2.05, 4.69) is 19.2 Å². The third-order valence-corrected chi connectivity index (χ3v) is 3.33. The molecule has 0 saturated carbocycles. The quantitative estimate of drug-likeness (QED) is 0.445. The van der Waals surface area contributed by atoms with E-state index in [0.29, 0.717) is 0 Å². The summed E-state index contributed by atoms with van der Waals surface area (Å²) in [6.45, 7) is 9.51. The van der Waals surface area contributed by atoms with Crippen LogP contribution in [0.25, 0.3) is 0 Å². The largest absolute Gasteiger partial charge is 0.461 e. The molecule has 23 heavy (non-hydrogen) atoms. The predicted molar refractivity (Wildman–Crippen MR) is 92.4 cm³/mol. The Kier molecular flexibility index (Phi) is 11.5. The summed E-state index contributed by atoms with van der Waals surface area (Å²) in [5, 5.41) is 2.44. The first-order valence-electron chi connectivity index (χ1n) is 8.94. The second kappa shape index (κ2) is 12.2. The summed E-state index contributed by atoms with van der Waals surface area (Å²) in [6, 6.07) is 0. The monoisotopic (exact) mass is 329 g/mol. The van der Waals surface area contributed by atoms with Crippen LogP contribution in [0.5, 0.6) is 0 Å². The summed E-state index contributed by atoms with van der Waals surface area (Å²) in [6.07, 6.45) is 7.90. The molecule has 1 N–H and O–H groups in total. The summed E-state index contributed by atoms with van der Waals surface area (Å²) in [7, 11) is 0. The highest BCUT2D eigenvalue weighted by Gasteiger charge is 2.18. The number of unbranched alkanes of at least 4 members (excludes halogenated alkanes) is 4. The van der Waals surface area contributed by atoms with Crippen LogP contribution in [0.15, 0.2) is 0 Å². The molecule has 0 saturated heterocycles. The van der Waals surface area contributed by atoms with Crippen LogP contribution in [0.2, 0.25) is 0 Å². The summed E-state index contributed by atoms with van der Waals surface area (Å²) >= 11 is 0. The summed E-state index contributed by atoms with van der Waals surface area (Å²) in [5.74, 6) is -0.395. The van der Waals surface area contributed by atoms with E-state index in [9.17, 15) is 9.59 Å². The number of ether oxygens (including phenoxy) is 2. The standard InChI is InChI=1S/C18H35NO4/c1-6-8-10-12-15(13-11-9-7-2)22-16(20)14-19-17(21)23-18(3,4)5/h15H,6-14H2,1-5H3,(H,19,21). The van der Waals surface area contributed by atoms with Crippen molar-refractivity contribution in [2.24, 2.45) is 0 Å². The minimum atomic E-state index is -0.594. The van der Waals surface area contributed by atoms with Crippen molar-refractivity contribution in [3.05, 3.63) is 0 Å². The van der Waals surface area contributed by atoms with Crippen molar-refractivity contribution in [1.29, 1.82) is 0 Å². The number of amides is 1. The van der Waals surface area contributed by atoms with Crippen molar-refractivity contribution in [3.8, 4) is 0 Å². The maximum absolute atomic E-state index is 11.9. The Labute approximate surface area is 141 Å². The van der Waals surface area contributed by atoms with Gasteiger partial charge < -0.3 is 14.8 Å². The highest BCUT2D eigenvalue weighted by Crippen LogP contribution is 2.14. The van der Waals surface area contributed by atoms with Gasteiger partial charge in [-0.2, -0.15) is 0 Å². The van der Waals surface area contributed by atoms with E-state index in [4.69, 9.17) is 9.47 Å². The van der Waals surface area contributed by atoms with E-state index < -0.39 is 17.7 Å². The molecule has 0 aliphatic rings. The Morgan fingerprint density at radius 2 is 1.48 bits per heavy atom. The minimum Gasteiger partial charge on any atom is -0.461 e. The van der Waals surface area contributed by atoms with Crippen LogP contribution < -0.4 is 5.32 Å². The lowest BCUT2D eigenvalue weighted by Gasteiger charge is -2.20. The highest BCUT2D eigenvalue weighted by atomic mass is 16.6. The molecule has 0 aliphatic carbocycles. The Bertz CT molecular complexity index is 326. The molecule has 5 heteroatoms. The molecule has 0 aromatic heterocycles. The lowest BCUT2D eigenvalue weighted by molar-refractivity contribution is -0.148. The van der Waals surface area contributed by atoms with Gasteiger partial charge in [-0.3, -0.25) is 4.79 Å². The van der Waals surface area contributed by atoms with Gasteiger partial charge >= 0.3 is 12.1 Å². The van der Waals surface area contributed by atoms with Crippen LogP contribution in [0.4, 0.5) is 4.79 Å². The van der Waals surface area contributed by atoms with Crippen molar-refractivity contribution < 1.29 is 19.1 Å². The molecular weight excluding hydrogens is 294 g/mol. The van der Waals surface area contributed by atoms with Crippen molar-refractivity contribution >= 4 is 12.1 Å². The van der Waals surface area contributed by atoms with Crippen molar-refractivity contribution in [2.45, 2.75) is 97.7 Å². The maximum atomic E-state index is 11.9. The van der Waals surface area contributed by atoms with Gasteiger partial charge in [-0.1, -0.05) is 39.5 Å². The van der Waals surface area contributed by atoms with Crippen LogP contribution in [-0.4, -0.2) is 30.3 Å². The SMILES string of the molecule is CCCCCC(CCCCC)OC(=O)CNC(=O)OC(C)(C)C. The van der Waals surface area contributed by atoms with Crippen molar-refractivity contribution in [1.82, 2.24) is 5.32 Å². The number of rotatable bonds is 11. The molecule has 5 nitrogen and oxygen atoms in total. The minimum absolute atomic E-state index is 0.0407. The average molecular weight is 329 g/mol. The van der Waals surface area contributed by atoms with E-state index in [-0.39, 0.29) is 12.6 Å². The maximum Gasteiger partial charge on any atom is 0.408 e. The molecule has 0 rings (SSSR count). The molecule has 0 unspecified atom stereocenters.